The Kier molecular flexibility index (Phi) is 4.02. The first-order chi connectivity index (χ1) is 6.25. The van der Waals surface area contributed by atoms with Gasteiger partial charge in [0.1, 0.15) is 0 Å². The van der Waals surface area contributed by atoms with E-state index in [-0.39, 0.29) is 6.03 Å². The van der Waals surface area contributed by atoms with Gasteiger partial charge in [-0.1, -0.05) is 0 Å². The summed E-state index contributed by atoms with van der Waals surface area (Å²) in [6.07, 6.45) is 2.13. The first kappa shape index (κ1) is 10.3. The van der Waals surface area contributed by atoms with Crippen LogP contribution < -0.4 is 10.6 Å². The summed E-state index contributed by atoms with van der Waals surface area (Å²) in [7, 11) is 1.88. The van der Waals surface area contributed by atoms with E-state index in [1.807, 2.05) is 18.9 Å². The molecule has 0 saturated carbocycles. The number of hydrogen-bond acceptors (Lipinski definition) is 2. The zero-order valence-electron chi connectivity index (χ0n) is 8.47. The van der Waals surface area contributed by atoms with Crippen molar-refractivity contribution >= 4 is 6.03 Å². The van der Waals surface area contributed by atoms with Crippen molar-refractivity contribution in [3.63, 3.8) is 0 Å². The first-order valence-corrected chi connectivity index (χ1v) is 4.97. The topological polar surface area (TPSA) is 44.4 Å². The minimum Gasteiger partial charge on any atom is -0.338 e. The Labute approximate surface area is 79.7 Å². The quantitative estimate of drug-likeness (QED) is 0.654. The van der Waals surface area contributed by atoms with Gasteiger partial charge < -0.3 is 15.5 Å². The fraction of sp³-hybridized carbons (Fsp3) is 0.889. The summed E-state index contributed by atoms with van der Waals surface area (Å²) >= 11 is 0. The Hall–Kier alpha value is -0.770. The second-order valence-corrected chi connectivity index (χ2v) is 3.43. The van der Waals surface area contributed by atoms with Crippen LogP contribution >= 0.6 is 0 Å². The van der Waals surface area contributed by atoms with Crippen LogP contribution in [0.25, 0.3) is 0 Å². The van der Waals surface area contributed by atoms with Crippen molar-refractivity contribution in [1.29, 1.82) is 0 Å². The summed E-state index contributed by atoms with van der Waals surface area (Å²) in [5.74, 6) is 0. The van der Waals surface area contributed by atoms with Gasteiger partial charge in [-0.3, -0.25) is 0 Å². The number of urea groups is 1. The molecule has 1 saturated heterocycles. The zero-order valence-corrected chi connectivity index (χ0v) is 8.47. The van der Waals surface area contributed by atoms with Gasteiger partial charge in [0.2, 0.25) is 0 Å². The first-order valence-electron chi connectivity index (χ1n) is 4.97. The maximum Gasteiger partial charge on any atom is 0.317 e. The molecule has 1 fully saturated rings. The van der Waals surface area contributed by atoms with Crippen LogP contribution in [-0.2, 0) is 0 Å². The highest BCUT2D eigenvalue weighted by molar-refractivity contribution is 5.74. The lowest BCUT2D eigenvalue weighted by molar-refractivity contribution is 0.177. The lowest BCUT2D eigenvalue weighted by Crippen LogP contribution is -2.47. The molecule has 0 aromatic rings. The molecule has 1 aliphatic heterocycles. The maximum atomic E-state index is 11.4. The number of amides is 2. The molecule has 0 unspecified atom stereocenters. The molecule has 13 heavy (non-hydrogen) atoms. The number of hydrogen-bond donors (Lipinski definition) is 2. The third-order valence-corrected chi connectivity index (χ3v) is 2.50. The van der Waals surface area contributed by atoms with Gasteiger partial charge in [0.05, 0.1) is 0 Å². The summed E-state index contributed by atoms with van der Waals surface area (Å²) in [6.45, 7) is 4.69. The standard InChI is InChI=1S/C9H19N3O/c1-3-11-9(13)12(2)8-4-6-10-7-5-8/h8,10H,3-7H2,1-2H3,(H,11,13). The van der Waals surface area contributed by atoms with E-state index in [0.29, 0.717) is 12.6 Å². The molecule has 2 N–H and O–H groups in total. The van der Waals surface area contributed by atoms with E-state index in [1.165, 1.54) is 0 Å². The Morgan fingerprint density at radius 2 is 2.15 bits per heavy atom. The molecule has 0 bridgehead atoms. The molecule has 0 spiro atoms. The van der Waals surface area contributed by atoms with Gasteiger partial charge in [-0.15, -0.1) is 0 Å². The fourth-order valence-electron chi connectivity index (χ4n) is 1.64. The van der Waals surface area contributed by atoms with Gasteiger partial charge in [0, 0.05) is 19.6 Å². The van der Waals surface area contributed by atoms with Crippen molar-refractivity contribution in [3.8, 4) is 0 Å². The third kappa shape index (κ3) is 2.88. The SMILES string of the molecule is CCNC(=O)N(C)C1CCNCC1. The van der Waals surface area contributed by atoms with E-state index >= 15 is 0 Å². The Balaban J connectivity index is 2.35. The molecule has 76 valence electrons. The number of carbonyl (C=O) groups is 1. The summed E-state index contributed by atoms with van der Waals surface area (Å²) in [4.78, 5) is 13.3. The fourth-order valence-corrected chi connectivity index (χ4v) is 1.64. The van der Waals surface area contributed by atoms with Crippen LogP contribution in [0, 0.1) is 0 Å². The Morgan fingerprint density at radius 1 is 1.54 bits per heavy atom. The van der Waals surface area contributed by atoms with Crippen LogP contribution in [0.15, 0.2) is 0 Å². The second kappa shape index (κ2) is 5.07. The molecule has 0 aliphatic carbocycles. The van der Waals surface area contributed by atoms with Crippen molar-refractivity contribution in [1.82, 2.24) is 15.5 Å². The molecule has 0 radical (unpaired) electrons. The van der Waals surface area contributed by atoms with E-state index in [4.69, 9.17) is 0 Å². The van der Waals surface area contributed by atoms with E-state index in [2.05, 4.69) is 10.6 Å². The van der Waals surface area contributed by atoms with Gasteiger partial charge in [0.25, 0.3) is 0 Å². The summed E-state index contributed by atoms with van der Waals surface area (Å²) < 4.78 is 0. The average molecular weight is 185 g/mol. The predicted molar refractivity (Wildman–Crippen MR) is 52.7 cm³/mol. The molecule has 1 rings (SSSR count). The lowest BCUT2D eigenvalue weighted by atomic mass is 10.1. The second-order valence-electron chi connectivity index (χ2n) is 3.43. The monoisotopic (exact) mass is 185 g/mol. The molecule has 2 amide bonds. The van der Waals surface area contributed by atoms with Crippen LogP contribution in [0.3, 0.4) is 0 Å². The van der Waals surface area contributed by atoms with Gasteiger partial charge in [-0.05, 0) is 32.9 Å². The molecule has 4 heteroatoms. The molecule has 0 aromatic heterocycles. The third-order valence-electron chi connectivity index (χ3n) is 2.50. The van der Waals surface area contributed by atoms with Crippen molar-refractivity contribution in [3.05, 3.63) is 0 Å². The molecule has 1 aliphatic rings. The maximum absolute atomic E-state index is 11.4. The van der Waals surface area contributed by atoms with Crippen molar-refractivity contribution < 1.29 is 4.79 Å². The summed E-state index contributed by atoms with van der Waals surface area (Å²) in [5.41, 5.74) is 0. The Morgan fingerprint density at radius 3 is 2.69 bits per heavy atom. The minimum absolute atomic E-state index is 0.0504. The molecule has 0 aromatic carbocycles. The zero-order chi connectivity index (χ0) is 9.68. The molecule has 4 nitrogen and oxygen atoms in total. The van der Waals surface area contributed by atoms with Gasteiger partial charge in [0.15, 0.2) is 0 Å². The highest BCUT2D eigenvalue weighted by Gasteiger charge is 2.20. The van der Waals surface area contributed by atoms with Gasteiger partial charge in [-0.2, -0.15) is 0 Å². The number of nitrogens with zero attached hydrogens (tertiary/aromatic N) is 1. The van der Waals surface area contributed by atoms with Crippen LogP contribution in [-0.4, -0.2) is 43.7 Å². The smallest absolute Gasteiger partial charge is 0.317 e. The van der Waals surface area contributed by atoms with Crippen molar-refractivity contribution in [2.45, 2.75) is 25.8 Å². The van der Waals surface area contributed by atoms with E-state index in [9.17, 15) is 4.79 Å². The summed E-state index contributed by atoms with van der Waals surface area (Å²) in [5, 5.41) is 6.09. The predicted octanol–water partition coefficient (Wildman–Crippen LogP) is 0.400. The molecule has 1 heterocycles. The van der Waals surface area contributed by atoms with Gasteiger partial charge >= 0.3 is 6.03 Å². The van der Waals surface area contributed by atoms with Crippen molar-refractivity contribution in [2.75, 3.05) is 26.7 Å². The highest BCUT2D eigenvalue weighted by atomic mass is 16.2. The minimum atomic E-state index is 0.0504. The normalized spacial score (nSPS) is 18.3. The van der Waals surface area contributed by atoms with E-state index < -0.39 is 0 Å². The lowest BCUT2D eigenvalue weighted by Gasteiger charge is -2.31. The van der Waals surface area contributed by atoms with E-state index in [1.54, 1.807) is 0 Å². The van der Waals surface area contributed by atoms with E-state index in [0.717, 1.165) is 25.9 Å². The largest absolute Gasteiger partial charge is 0.338 e. The van der Waals surface area contributed by atoms with Crippen LogP contribution in [0.2, 0.25) is 0 Å². The van der Waals surface area contributed by atoms with Crippen molar-refractivity contribution in [2.24, 2.45) is 0 Å². The molecular weight excluding hydrogens is 166 g/mol. The summed E-state index contributed by atoms with van der Waals surface area (Å²) in [6, 6.07) is 0.460. The van der Waals surface area contributed by atoms with Crippen LogP contribution in [0.4, 0.5) is 4.79 Å². The molecular formula is C9H19N3O. The Bertz CT molecular complexity index is 166. The van der Waals surface area contributed by atoms with Crippen LogP contribution in [0.5, 0.6) is 0 Å². The van der Waals surface area contributed by atoms with Gasteiger partial charge in [-0.25, -0.2) is 4.79 Å². The number of piperidine rings is 1. The number of nitrogens with one attached hydrogen (secondary N) is 2. The number of rotatable bonds is 2. The van der Waals surface area contributed by atoms with Crippen LogP contribution in [0.1, 0.15) is 19.8 Å². The number of carbonyl (C=O) groups excluding carboxylic acids is 1. The molecule has 0 atom stereocenters. The highest BCUT2D eigenvalue weighted by Crippen LogP contribution is 2.09. The average Bonchev–Trinajstić information content (AvgIpc) is 2.18.